The van der Waals surface area contributed by atoms with Gasteiger partial charge in [0.05, 0.1) is 0 Å². The fourth-order valence-corrected chi connectivity index (χ4v) is 1.71. The molecule has 4 nitrogen and oxygen atoms in total. The maximum absolute atomic E-state index is 11.7. The molecule has 0 radical (unpaired) electrons. The molecule has 100 valence electrons. The van der Waals surface area contributed by atoms with E-state index in [0.29, 0.717) is 12.5 Å². The van der Waals surface area contributed by atoms with Gasteiger partial charge in [-0.05, 0) is 23.6 Å². The van der Waals surface area contributed by atoms with E-state index in [1.807, 2.05) is 24.3 Å². The van der Waals surface area contributed by atoms with Crippen LogP contribution in [0.1, 0.15) is 32.3 Å². The van der Waals surface area contributed by atoms with E-state index in [2.05, 4.69) is 24.5 Å². The van der Waals surface area contributed by atoms with Gasteiger partial charge in [-0.2, -0.15) is 0 Å². The topological polar surface area (TPSA) is 67.2 Å². The molecule has 4 N–H and O–H groups in total. The van der Waals surface area contributed by atoms with Crippen molar-refractivity contribution in [1.82, 2.24) is 5.32 Å². The number of carbonyl (C=O) groups is 1. The summed E-state index contributed by atoms with van der Waals surface area (Å²) in [6.07, 6.45) is 2.17. The number of rotatable bonds is 6. The average Bonchev–Trinajstić information content (AvgIpc) is 2.41. The van der Waals surface area contributed by atoms with Crippen molar-refractivity contribution in [2.45, 2.75) is 33.2 Å². The molecule has 1 aromatic carbocycles. The Kier molecular flexibility index (Phi) is 6.22. The average molecular weight is 249 g/mol. The molecule has 0 saturated carbocycles. The summed E-state index contributed by atoms with van der Waals surface area (Å²) in [6, 6.07) is 7.40. The van der Waals surface area contributed by atoms with Gasteiger partial charge in [-0.15, -0.1) is 0 Å². The summed E-state index contributed by atoms with van der Waals surface area (Å²) < 4.78 is 0. The molecule has 2 amide bonds. The highest BCUT2D eigenvalue weighted by Gasteiger charge is 2.06. The first kappa shape index (κ1) is 14.5. The number of anilines is 1. The van der Waals surface area contributed by atoms with Crippen molar-refractivity contribution in [3.8, 4) is 0 Å². The number of benzene rings is 1. The van der Waals surface area contributed by atoms with Crippen molar-refractivity contribution in [3.05, 3.63) is 29.8 Å². The van der Waals surface area contributed by atoms with Crippen molar-refractivity contribution in [3.63, 3.8) is 0 Å². The highest BCUT2D eigenvalue weighted by Crippen LogP contribution is 2.09. The van der Waals surface area contributed by atoms with E-state index in [4.69, 9.17) is 5.73 Å². The Hall–Kier alpha value is -1.55. The van der Waals surface area contributed by atoms with Gasteiger partial charge in [0.1, 0.15) is 0 Å². The summed E-state index contributed by atoms with van der Waals surface area (Å²) in [7, 11) is 0. The molecule has 0 fully saturated rings. The molecule has 0 aliphatic heterocycles. The van der Waals surface area contributed by atoms with Gasteiger partial charge >= 0.3 is 6.03 Å². The molecule has 4 heteroatoms. The molecule has 1 rings (SSSR count). The second-order valence-corrected chi connectivity index (χ2v) is 4.42. The summed E-state index contributed by atoms with van der Waals surface area (Å²) in [5.74, 6) is 0.551. The van der Waals surface area contributed by atoms with Crippen LogP contribution in [0.3, 0.4) is 0 Å². The van der Waals surface area contributed by atoms with Gasteiger partial charge < -0.3 is 16.4 Å². The molecule has 0 heterocycles. The summed E-state index contributed by atoms with van der Waals surface area (Å²) in [6.45, 7) is 5.51. The van der Waals surface area contributed by atoms with Gasteiger partial charge in [-0.25, -0.2) is 4.79 Å². The Balaban J connectivity index is 2.39. The fourth-order valence-electron chi connectivity index (χ4n) is 1.71. The molecule has 0 aromatic heterocycles. The van der Waals surface area contributed by atoms with Gasteiger partial charge in [0.15, 0.2) is 0 Å². The molecular formula is C14H23N3O. The fraction of sp³-hybridized carbons (Fsp3) is 0.500. The summed E-state index contributed by atoms with van der Waals surface area (Å²) in [5.41, 5.74) is 7.35. The van der Waals surface area contributed by atoms with E-state index in [0.717, 1.165) is 30.6 Å². The maximum atomic E-state index is 11.7. The van der Waals surface area contributed by atoms with Crippen LogP contribution in [0.5, 0.6) is 0 Å². The van der Waals surface area contributed by atoms with Crippen LogP contribution < -0.4 is 16.4 Å². The Labute approximate surface area is 109 Å². The SMILES string of the molecule is CCC(CC)CNC(=O)Nc1ccc(CN)cc1. The zero-order valence-electron chi connectivity index (χ0n) is 11.2. The normalized spacial score (nSPS) is 10.4. The number of nitrogens with one attached hydrogen (secondary N) is 2. The molecule has 0 atom stereocenters. The number of hydrogen-bond donors (Lipinski definition) is 3. The minimum absolute atomic E-state index is 0.151. The third-order valence-electron chi connectivity index (χ3n) is 3.15. The number of nitrogens with two attached hydrogens (primary N) is 1. The van der Waals surface area contributed by atoms with Crippen molar-refractivity contribution in [2.75, 3.05) is 11.9 Å². The number of urea groups is 1. The van der Waals surface area contributed by atoms with E-state index >= 15 is 0 Å². The molecule has 1 aromatic rings. The third-order valence-corrected chi connectivity index (χ3v) is 3.15. The summed E-state index contributed by atoms with van der Waals surface area (Å²) in [4.78, 5) is 11.7. The number of hydrogen-bond acceptors (Lipinski definition) is 2. The molecule has 0 bridgehead atoms. The predicted octanol–water partition coefficient (Wildman–Crippen LogP) is 2.70. The van der Waals surface area contributed by atoms with Crippen LogP contribution in [-0.4, -0.2) is 12.6 Å². The zero-order chi connectivity index (χ0) is 13.4. The van der Waals surface area contributed by atoms with Gasteiger partial charge in [0.25, 0.3) is 0 Å². The van der Waals surface area contributed by atoms with E-state index in [1.54, 1.807) is 0 Å². The van der Waals surface area contributed by atoms with Gasteiger partial charge in [-0.3, -0.25) is 0 Å². The van der Waals surface area contributed by atoms with Crippen molar-refractivity contribution < 1.29 is 4.79 Å². The minimum Gasteiger partial charge on any atom is -0.338 e. The zero-order valence-corrected chi connectivity index (χ0v) is 11.2. The monoisotopic (exact) mass is 249 g/mol. The smallest absolute Gasteiger partial charge is 0.319 e. The molecule has 0 aliphatic rings. The Morgan fingerprint density at radius 1 is 1.22 bits per heavy atom. The van der Waals surface area contributed by atoms with Gasteiger partial charge in [0.2, 0.25) is 0 Å². The van der Waals surface area contributed by atoms with E-state index in [1.165, 1.54) is 0 Å². The predicted molar refractivity (Wildman–Crippen MR) is 75.4 cm³/mol. The molecule has 0 unspecified atom stereocenters. The number of amides is 2. The Bertz CT molecular complexity index is 358. The highest BCUT2D eigenvalue weighted by atomic mass is 16.2. The first-order valence-electron chi connectivity index (χ1n) is 6.53. The Morgan fingerprint density at radius 3 is 2.33 bits per heavy atom. The highest BCUT2D eigenvalue weighted by molar-refractivity contribution is 5.89. The van der Waals surface area contributed by atoms with E-state index in [-0.39, 0.29) is 6.03 Å². The van der Waals surface area contributed by atoms with Crippen molar-refractivity contribution in [1.29, 1.82) is 0 Å². The third kappa shape index (κ3) is 4.75. The lowest BCUT2D eigenvalue weighted by atomic mass is 10.0. The molecule has 18 heavy (non-hydrogen) atoms. The largest absolute Gasteiger partial charge is 0.338 e. The minimum atomic E-state index is -0.151. The molecule has 0 aliphatic carbocycles. The maximum Gasteiger partial charge on any atom is 0.319 e. The van der Waals surface area contributed by atoms with Crippen molar-refractivity contribution >= 4 is 11.7 Å². The lowest BCUT2D eigenvalue weighted by Crippen LogP contribution is -2.32. The second-order valence-electron chi connectivity index (χ2n) is 4.42. The number of carbonyl (C=O) groups excluding carboxylic acids is 1. The summed E-state index contributed by atoms with van der Waals surface area (Å²) in [5, 5.41) is 5.69. The molecule has 0 saturated heterocycles. The van der Waals surface area contributed by atoms with Gasteiger partial charge in [0, 0.05) is 18.8 Å². The quantitative estimate of drug-likeness (QED) is 0.725. The first-order valence-corrected chi connectivity index (χ1v) is 6.53. The summed E-state index contributed by atoms with van der Waals surface area (Å²) >= 11 is 0. The second kappa shape index (κ2) is 7.71. The Morgan fingerprint density at radius 2 is 1.83 bits per heavy atom. The van der Waals surface area contributed by atoms with Crippen LogP contribution in [0.15, 0.2) is 24.3 Å². The van der Waals surface area contributed by atoms with Crippen LogP contribution >= 0.6 is 0 Å². The van der Waals surface area contributed by atoms with Crippen molar-refractivity contribution in [2.24, 2.45) is 11.7 Å². The van der Waals surface area contributed by atoms with E-state index in [9.17, 15) is 4.79 Å². The lowest BCUT2D eigenvalue weighted by molar-refractivity contribution is 0.249. The van der Waals surface area contributed by atoms with Crippen LogP contribution in [0, 0.1) is 5.92 Å². The first-order chi connectivity index (χ1) is 8.69. The van der Waals surface area contributed by atoms with Crippen LogP contribution in [0.4, 0.5) is 10.5 Å². The molecule has 0 spiro atoms. The van der Waals surface area contributed by atoms with Crippen LogP contribution in [0.2, 0.25) is 0 Å². The van der Waals surface area contributed by atoms with Gasteiger partial charge in [-0.1, -0.05) is 38.8 Å². The van der Waals surface area contributed by atoms with Crippen LogP contribution in [0.25, 0.3) is 0 Å². The lowest BCUT2D eigenvalue weighted by Gasteiger charge is -2.14. The van der Waals surface area contributed by atoms with Crippen LogP contribution in [-0.2, 0) is 6.54 Å². The van der Waals surface area contributed by atoms with E-state index < -0.39 is 0 Å². The standard InChI is InChI=1S/C14H23N3O/c1-3-11(4-2)10-16-14(18)17-13-7-5-12(9-15)6-8-13/h5-8,11H,3-4,9-10,15H2,1-2H3,(H2,16,17,18). The molecular weight excluding hydrogens is 226 g/mol.